The SMILES string of the molecule is CCC(CNCC(C)C)Oc1ccc2cc(Br)ccc2c1. The predicted molar refractivity (Wildman–Crippen MR) is 94.1 cm³/mol. The quantitative estimate of drug-likeness (QED) is 0.758. The van der Waals surface area contributed by atoms with Crippen molar-refractivity contribution in [1.29, 1.82) is 0 Å². The van der Waals surface area contributed by atoms with Gasteiger partial charge in [0.1, 0.15) is 11.9 Å². The Bertz CT molecular complexity index is 582. The third-order valence-corrected chi connectivity index (χ3v) is 3.95. The van der Waals surface area contributed by atoms with Crippen molar-refractivity contribution < 1.29 is 4.74 Å². The van der Waals surface area contributed by atoms with Gasteiger partial charge in [-0.15, -0.1) is 0 Å². The zero-order valence-corrected chi connectivity index (χ0v) is 14.6. The Morgan fingerprint density at radius 2 is 1.76 bits per heavy atom. The van der Waals surface area contributed by atoms with Crippen LogP contribution < -0.4 is 10.1 Å². The Hall–Kier alpha value is -1.06. The summed E-state index contributed by atoms with van der Waals surface area (Å²) in [5.74, 6) is 1.62. The van der Waals surface area contributed by atoms with E-state index in [-0.39, 0.29) is 6.10 Å². The number of hydrogen-bond acceptors (Lipinski definition) is 2. The minimum Gasteiger partial charge on any atom is -0.489 e. The fourth-order valence-corrected chi connectivity index (χ4v) is 2.64. The lowest BCUT2D eigenvalue weighted by Gasteiger charge is -2.19. The molecule has 2 rings (SSSR count). The van der Waals surface area contributed by atoms with Gasteiger partial charge in [-0.05, 0) is 53.9 Å². The van der Waals surface area contributed by atoms with Crippen molar-refractivity contribution in [2.24, 2.45) is 5.92 Å². The zero-order chi connectivity index (χ0) is 15.2. The highest BCUT2D eigenvalue weighted by Gasteiger charge is 2.08. The molecule has 2 aromatic carbocycles. The molecule has 1 unspecified atom stereocenters. The Labute approximate surface area is 136 Å². The van der Waals surface area contributed by atoms with E-state index in [0.717, 1.165) is 29.7 Å². The van der Waals surface area contributed by atoms with Gasteiger partial charge in [0, 0.05) is 11.0 Å². The topological polar surface area (TPSA) is 21.3 Å². The minimum atomic E-state index is 0.219. The van der Waals surface area contributed by atoms with Crippen molar-refractivity contribution >= 4 is 26.7 Å². The van der Waals surface area contributed by atoms with E-state index in [2.05, 4.69) is 78.4 Å². The smallest absolute Gasteiger partial charge is 0.120 e. The van der Waals surface area contributed by atoms with Gasteiger partial charge in [0.2, 0.25) is 0 Å². The van der Waals surface area contributed by atoms with Crippen LogP contribution in [-0.2, 0) is 0 Å². The largest absolute Gasteiger partial charge is 0.489 e. The number of hydrogen-bond donors (Lipinski definition) is 1. The Kier molecular flexibility index (Phi) is 6.07. The molecule has 0 bridgehead atoms. The van der Waals surface area contributed by atoms with Crippen LogP contribution in [0.1, 0.15) is 27.2 Å². The van der Waals surface area contributed by atoms with E-state index in [9.17, 15) is 0 Å². The van der Waals surface area contributed by atoms with Crippen LogP contribution in [0.4, 0.5) is 0 Å². The van der Waals surface area contributed by atoms with Crippen LogP contribution in [0.15, 0.2) is 40.9 Å². The molecular formula is C18H24BrNO. The van der Waals surface area contributed by atoms with Gasteiger partial charge < -0.3 is 10.1 Å². The molecule has 0 aromatic heterocycles. The molecule has 0 saturated carbocycles. The van der Waals surface area contributed by atoms with Crippen LogP contribution >= 0.6 is 15.9 Å². The van der Waals surface area contributed by atoms with E-state index in [1.54, 1.807) is 0 Å². The van der Waals surface area contributed by atoms with Gasteiger partial charge in [-0.2, -0.15) is 0 Å². The second-order valence-electron chi connectivity index (χ2n) is 5.85. The van der Waals surface area contributed by atoms with Crippen molar-refractivity contribution in [3.63, 3.8) is 0 Å². The van der Waals surface area contributed by atoms with Crippen molar-refractivity contribution in [3.05, 3.63) is 40.9 Å². The second-order valence-corrected chi connectivity index (χ2v) is 6.77. The summed E-state index contributed by atoms with van der Waals surface area (Å²) < 4.78 is 7.21. The van der Waals surface area contributed by atoms with Gasteiger partial charge in [-0.3, -0.25) is 0 Å². The molecule has 0 fully saturated rings. The van der Waals surface area contributed by atoms with Gasteiger partial charge in [-0.1, -0.05) is 48.8 Å². The van der Waals surface area contributed by atoms with E-state index in [0.29, 0.717) is 5.92 Å². The Morgan fingerprint density at radius 3 is 2.48 bits per heavy atom. The van der Waals surface area contributed by atoms with E-state index < -0.39 is 0 Å². The summed E-state index contributed by atoms with van der Waals surface area (Å²) in [5.41, 5.74) is 0. The molecule has 0 saturated heterocycles. The maximum Gasteiger partial charge on any atom is 0.120 e. The summed E-state index contributed by atoms with van der Waals surface area (Å²) >= 11 is 3.50. The molecule has 0 radical (unpaired) electrons. The van der Waals surface area contributed by atoms with Crippen LogP contribution in [0.2, 0.25) is 0 Å². The summed E-state index contributed by atoms with van der Waals surface area (Å²) in [6.07, 6.45) is 1.22. The Morgan fingerprint density at radius 1 is 1.05 bits per heavy atom. The minimum absolute atomic E-state index is 0.219. The van der Waals surface area contributed by atoms with Crippen LogP contribution in [0.25, 0.3) is 10.8 Å². The monoisotopic (exact) mass is 349 g/mol. The highest BCUT2D eigenvalue weighted by atomic mass is 79.9. The van der Waals surface area contributed by atoms with Gasteiger partial charge >= 0.3 is 0 Å². The molecule has 1 atom stereocenters. The molecule has 0 spiro atoms. The molecule has 3 heteroatoms. The highest BCUT2D eigenvalue weighted by Crippen LogP contribution is 2.24. The second kappa shape index (κ2) is 7.81. The van der Waals surface area contributed by atoms with Crippen LogP contribution in [-0.4, -0.2) is 19.2 Å². The number of halogens is 1. The predicted octanol–water partition coefficient (Wildman–Crippen LogP) is 5.01. The number of nitrogens with one attached hydrogen (secondary N) is 1. The number of rotatable bonds is 7. The summed E-state index contributed by atoms with van der Waals surface area (Å²) in [7, 11) is 0. The summed E-state index contributed by atoms with van der Waals surface area (Å²) in [4.78, 5) is 0. The standard InChI is InChI=1S/C18H24BrNO/c1-4-17(12-20-11-13(2)3)21-18-8-6-14-9-16(19)7-5-15(14)10-18/h5-10,13,17,20H,4,11-12H2,1-3H3. The maximum atomic E-state index is 6.11. The van der Waals surface area contributed by atoms with Crippen molar-refractivity contribution in [2.45, 2.75) is 33.3 Å². The van der Waals surface area contributed by atoms with Crippen molar-refractivity contribution in [1.82, 2.24) is 5.32 Å². The average Bonchev–Trinajstić information content (AvgIpc) is 2.46. The van der Waals surface area contributed by atoms with Crippen LogP contribution in [0.3, 0.4) is 0 Å². The molecular weight excluding hydrogens is 326 g/mol. The summed E-state index contributed by atoms with van der Waals surface area (Å²) in [5, 5.41) is 5.90. The number of benzene rings is 2. The molecule has 0 aliphatic heterocycles. The fraction of sp³-hybridized carbons (Fsp3) is 0.444. The first-order valence-electron chi connectivity index (χ1n) is 7.65. The first kappa shape index (κ1) is 16.3. The highest BCUT2D eigenvalue weighted by molar-refractivity contribution is 9.10. The molecule has 114 valence electrons. The summed E-state index contributed by atoms with van der Waals surface area (Å²) in [6, 6.07) is 12.6. The van der Waals surface area contributed by atoms with Gasteiger partial charge in [-0.25, -0.2) is 0 Å². The normalized spacial score (nSPS) is 12.8. The Balaban J connectivity index is 2.01. The molecule has 0 aliphatic rings. The first-order chi connectivity index (χ1) is 10.1. The average molecular weight is 350 g/mol. The van der Waals surface area contributed by atoms with Crippen LogP contribution in [0.5, 0.6) is 5.75 Å². The van der Waals surface area contributed by atoms with E-state index in [1.807, 2.05) is 0 Å². The van der Waals surface area contributed by atoms with Gasteiger partial charge in [0.15, 0.2) is 0 Å². The first-order valence-corrected chi connectivity index (χ1v) is 8.44. The van der Waals surface area contributed by atoms with Gasteiger partial charge in [0.05, 0.1) is 0 Å². The lowest BCUT2D eigenvalue weighted by atomic mass is 10.1. The third kappa shape index (κ3) is 5.01. The fourth-order valence-electron chi connectivity index (χ4n) is 2.26. The molecule has 21 heavy (non-hydrogen) atoms. The van der Waals surface area contributed by atoms with Crippen molar-refractivity contribution in [3.8, 4) is 5.75 Å². The summed E-state index contributed by atoms with van der Waals surface area (Å²) in [6.45, 7) is 8.53. The third-order valence-electron chi connectivity index (χ3n) is 3.46. The molecule has 2 nitrogen and oxygen atoms in total. The maximum absolute atomic E-state index is 6.11. The molecule has 0 amide bonds. The molecule has 2 aromatic rings. The molecule has 1 N–H and O–H groups in total. The number of ether oxygens (including phenoxy) is 1. The van der Waals surface area contributed by atoms with E-state index in [1.165, 1.54) is 10.8 Å². The van der Waals surface area contributed by atoms with Gasteiger partial charge in [0.25, 0.3) is 0 Å². The zero-order valence-electron chi connectivity index (χ0n) is 13.0. The lowest BCUT2D eigenvalue weighted by Crippen LogP contribution is -2.32. The van der Waals surface area contributed by atoms with Crippen molar-refractivity contribution in [2.75, 3.05) is 13.1 Å². The van der Waals surface area contributed by atoms with Crippen LogP contribution in [0, 0.1) is 5.92 Å². The number of fused-ring (bicyclic) bond motifs is 1. The lowest BCUT2D eigenvalue weighted by molar-refractivity contribution is 0.192. The van der Waals surface area contributed by atoms with E-state index in [4.69, 9.17) is 4.74 Å². The van der Waals surface area contributed by atoms with E-state index >= 15 is 0 Å². The molecule has 0 aliphatic carbocycles. The molecule has 0 heterocycles.